The molecule has 0 saturated heterocycles. The van der Waals surface area contributed by atoms with E-state index < -0.39 is 0 Å². The molecule has 0 aliphatic heterocycles. The van der Waals surface area contributed by atoms with E-state index in [-0.39, 0.29) is 0 Å². The molecule has 7 aromatic carbocycles. The van der Waals surface area contributed by atoms with Gasteiger partial charge in [-0.15, -0.1) is 0 Å². The fourth-order valence-electron chi connectivity index (χ4n) is 11.8. The van der Waals surface area contributed by atoms with E-state index in [1.54, 1.807) is 0 Å². The lowest BCUT2D eigenvalue weighted by Gasteiger charge is -2.30. The number of nitrogens with zero attached hydrogens (tertiary/aromatic N) is 4. The quantitative estimate of drug-likeness (QED) is 0.136. The van der Waals surface area contributed by atoms with E-state index in [1.807, 2.05) is 0 Å². The van der Waals surface area contributed by atoms with Crippen molar-refractivity contribution in [3.8, 4) is 0 Å². The fraction of sp³-hybridized carbons (Fsp3) is 0.219. The van der Waals surface area contributed by atoms with Crippen molar-refractivity contribution in [2.45, 2.75) is 99.8 Å². The molecule has 1 unspecified atom stereocenters. The average molecular weight is 1000 g/mol. The van der Waals surface area contributed by atoms with E-state index in [9.17, 15) is 0 Å². The van der Waals surface area contributed by atoms with Gasteiger partial charge in [-0.1, -0.05) is 125 Å². The third-order valence-corrected chi connectivity index (χ3v) is 16.4. The summed E-state index contributed by atoms with van der Waals surface area (Å²) in [7, 11) is 0. The van der Waals surface area contributed by atoms with Crippen LogP contribution < -0.4 is 14.7 Å². The van der Waals surface area contributed by atoms with Crippen molar-refractivity contribution in [3.05, 3.63) is 286 Å². The highest BCUT2D eigenvalue weighted by Crippen LogP contribution is 2.39. The largest absolute Gasteiger partial charge is 0.314 e. The van der Waals surface area contributed by atoms with Gasteiger partial charge in [0, 0.05) is 56.9 Å². The standard InChI is InChI=1S/C73H70N4/c1-48-8-22-55(23-9-48)74-56-24-40-66-67-41-37-64(76(59-29-14-51(4)15-30-59)60-31-16-52(5)17-32-60)46-72(67)73-47-65(77(61-33-18-53(6)19-34-61)62-35-20-54(7)21-36-62)39-43-69(73)68-42-38-63(45-71(68)70(66)44-56)75(57-25-10-49(2)11-26-57)58-27-12-50(3)13-28-58/h8,10-12,14-16,18-20,22,24-27,29-31,33-35,37-48H,9,13,17,21,23,28,32,36H2,1-7H3. The summed E-state index contributed by atoms with van der Waals surface area (Å²) in [6.07, 6.45) is 26.6. The van der Waals surface area contributed by atoms with Gasteiger partial charge in [0.1, 0.15) is 0 Å². The van der Waals surface area contributed by atoms with Crippen LogP contribution in [0.3, 0.4) is 0 Å². The SMILES string of the molecule is CC1=CC=C(N(c2ccc(C)cc2)c2ccc3c(c2)=c2cc(N=C4C=CC(C)CC4)ccc2=c2ccc(N(C4=CC=C(C)CC4)c4ccc(C)cc4)cc2=c2cc(N(C4=CC=C(C)CC4)c4ccc(C)cc4)ccc2=3)CC1. The maximum absolute atomic E-state index is 5.40. The number of hydrogen-bond acceptors (Lipinski definition) is 4. The Morgan fingerprint density at radius 3 is 1.00 bits per heavy atom. The van der Waals surface area contributed by atoms with Crippen LogP contribution in [-0.2, 0) is 0 Å². The van der Waals surface area contributed by atoms with E-state index >= 15 is 0 Å². The number of anilines is 6. The average Bonchev–Trinajstić information content (AvgIpc) is 3.46. The minimum absolute atomic E-state index is 0.563. The Bertz CT molecular complexity index is 4160. The Labute approximate surface area is 455 Å². The normalized spacial score (nSPS) is 17.2. The van der Waals surface area contributed by atoms with Crippen molar-refractivity contribution >= 4 is 45.5 Å². The second-order valence-corrected chi connectivity index (χ2v) is 22.4. The Kier molecular flexibility index (Phi) is 13.6. The number of allylic oxidation sites excluding steroid dienone is 14. The maximum Gasteiger partial charge on any atom is 0.0639 e. The first kappa shape index (κ1) is 49.7. The molecule has 77 heavy (non-hydrogen) atoms. The number of rotatable bonds is 10. The first-order chi connectivity index (χ1) is 37.5. The zero-order chi connectivity index (χ0) is 52.7. The van der Waals surface area contributed by atoms with Crippen LogP contribution in [0, 0.1) is 68.4 Å². The highest BCUT2D eigenvalue weighted by molar-refractivity contribution is 5.97. The summed E-state index contributed by atoms with van der Waals surface area (Å²) >= 11 is 0. The third kappa shape index (κ3) is 10.2. The molecule has 0 spiro atoms. The van der Waals surface area contributed by atoms with Gasteiger partial charge in [0.15, 0.2) is 0 Å². The van der Waals surface area contributed by atoms with Crippen LogP contribution in [0.5, 0.6) is 0 Å². The molecule has 0 saturated carbocycles. The summed E-state index contributed by atoms with van der Waals surface area (Å²) in [5, 5.41) is 9.57. The van der Waals surface area contributed by atoms with Crippen LogP contribution in [0.4, 0.5) is 39.8 Å². The molecular weight excluding hydrogens is 933 g/mol. The topological polar surface area (TPSA) is 22.1 Å². The minimum atomic E-state index is 0.563. The van der Waals surface area contributed by atoms with Crippen LogP contribution in [0.2, 0.25) is 0 Å². The van der Waals surface area contributed by atoms with E-state index in [0.717, 1.165) is 96.9 Å². The Hall–Kier alpha value is -8.21. The van der Waals surface area contributed by atoms with Crippen LogP contribution in [0.25, 0.3) is 0 Å². The third-order valence-electron chi connectivity index (χ3n) is 16.4. The smallest absolute Gasteiger partial charge is 0.0639 e. The van der Waals surface area contributed by atoms with Gasteiger partial charge in [-0.3, -0.25) is 4.99 Å². The van der Waals surface area contributed by atoms with E-state index in [4.69, 9.17) is 4.99 Å². The number of aryl methyl sites for hydroxylation is 3. The summed E-state index contributed by atoms with van der Waals surface area (Å²) in [6.45, 7) is 15.6. The maximum atomic E-state index is 5.40. The predicted molar refractivity (Wildman–Crippen MR) is 324 cm³/mol. The van der Waals surface area contributed by atoms with E-state index in [1.165, 1.54) is 92.2 Å². The molecule has 0 heterocycles. The Balaban J connectivity index is 1.24. The van der Waals surface area contributed by atoms with Crippen molar-refractivity contribution in [2.24, 2.45) is 10.9 Å². The van der Waals surface area contributed by atoms with Gasteiger partial charge in [0.05, 0.1) is 5.69 Å². The van der Waals surface area contributed by atoms with Crippen LogP contribution in [-0.4, -0.2) is 5.71 Å². The second-order valence-electron chi connectivity index (χ2n) is 22.4. The zero-order valence-corrected chi connectivity index (χ0v) is 46.0. The lowest BCUT2D eigenvalue weighted by Crippen LogP contribution is -2.18. The van der Waals surface area contributed by atoms with Gasteiger partial charge >= 0.3 is 0 Å². The molecule has 0 bridgehead atoms. The fourth-order valence-corrected chi connectivity index (χ4v) is 11.8. The number of aliphatic imine (C=N–C) groups is 1. The number of benzene rings is 7. The van der Waals surface area contributed by atoms with Gasteiger partial charge in [-0.2, -0.15) is 0 Å². The van der Waals surface area contributed by atoms with E-state index in [0.29, 0.717) is 5.92 Å². The van der Waals surface area contributed by atoms with Gasteiger partial charge in [-0.25, -0.2) is 0 Å². The molecule has 7 aromatic rings. The molecular formula is C73H70N4. The molecule has 5 aliphatic rings. The highest BCUT2D eigenvalue weighted by atomic mass is 15.2. The molecule has 4 heteroatoms. The van der Waals surface area contributed by atoms with Gasteiger partial charge in [-0.05, 0) is 250 Å². The summed E-state index contributed by atoms with van der Waals surface area (Å²) in [6, 6.07) is 55.9. The van der Waals surface area contributed by atoms with Crippen molar-refractivity contribution in [3.63, 3.8) is 0 Å². The van der Waals surface area contributed by atoms with E-state index in [2.05, 4.69) is 257 Å². The van der Waals surface area contributed by atoms with Gasteiger partial charge in [0.2, 0.25) is 0 Å². The van der Waals surface area contributed by atoms with Gasteiger partial charge < -0.3 is 14.7 Å². The molecule has 5 aliphatic carbocycles. The molecule has 0 N–H and O–H groups in total. The molecule has 0 aromatic heterocycles. The van der Waals surface area contributed by atoms with Crippen molar-refractivity contribution < 1.29 is 0 Å². The van der Waals surface area contributed by atoms with Crippen molar-refractivity contribution in [2.75, 3.05) is 14.7 Å². The van der Waals surface area contributed by atoms with Gasteiger partial charge in [0.25, 0.3) is 0 Å². The summed E-state index contributed by atoms with van der Waals surface area (Å²) in [4.78, 5) is 12.9. The van der Waals surface area contributed by atoms with Crippen molar-refractivity contribution in [1.29, 1.82) is 0 Å². The monoisotopic (exact) mass is 1000 g/mol. The molecule has 12 rings (SSSR count). The Morgan fingerprint density at radius 2 is 0.675 bits per heavy atom. The van der Waals surface area contributed by atoms with Crippen LogP contribution >= 0.6 is 0 Å². The first-order valence-electron chi connectivity index (χ1n) is 28.0. The zero-order valence-electron chi connectivity index (χ0n) is 46.0. The summed E-state index contributed by atoms with van der Waals surface area (Å²) in [5.74, 6) is 0.563. The van der Waals surface area contributed by atoms with Crippen LogP contribution in [0.15, 0.2) is 233 Å². The number of hydrogen-bond donors (Lipinski definition) is 0. The lowest BCUT2D eigenvalue weighted by molar-refractivity contribution is 0.660. The minimum Gasteiger partial charge on any atom is -0.314 e. The Morgan fingerprint density at radius 1 is 0.338 bits per heavy atom. The molecule has 4 nitrogen and oxygen atoms in total. The first-order valence-corrected chi connectivity index (χ1v) is 28.0. The molecule has 382 valence electrons. The highest BCUT2D eigenvalue weighted by Gasteiger charge is 2.22. The molecule has 0 radical (unpaired) electrons. The molecule has 0 fully saturated rings. The summed E-state index contributed by atoms with van der Waals surface area (Å²) in [5.41, 5.74) is 20.9. The molecule has 0 amide bonds. The number of fused-ring (bicyclic) bond motifs is 4. The lowest BCUT2D eigenvalue weighted by atomic mass is 9.96. The molecule has 1 atom stereocenters. The summed E-state index contributed by atoms with van der Waals surface area (Å²) < 4.78 is 0. The predicted octanol–water partition coefficient (Wildman–Crippen LogP) is 19.4. The second kappa shape index (κ2) is 21.1. The van der Waals surface area contributed by atoms with Crippen molar-refractivity contribution in [1.82, 2.24) is 0 Å². The van der Waals surface area contributed by atoms with Crippen LogP contribution in [0.1, 0.15) is 95.8 Å².